The molecule has 0 spiro atoms. The molecular weight excluding hydrogens is 380 g/mol. The van der Waals surface area contributed by atoms with E-state index < -0.39 is 0 Å². The third kappa shape index (κ3) is 3.87. The molecule has 5 rings (SSSR count). The van der Waals surface area contributed by atoms with Crippen LogP contribution in [0, 0.1) is 5.92 Å². The average molecular weight is 411 g/mol. The lowest BCUT2D eigenvalue weighted by molar-refractivity contribution is 0.277. The van der Waals surface area contributed by atoms with Gasteiger partial charge in [-0.15, -0.1) is 0 Å². The van der Waals surface area contributed by atoms with Crippen LogP contribution in [0.25, 0.3) is 0 Å². The van der Waals surface area contributed by atoms with Crippen LogP contribution in [0.15, 0.2) is 23.0 Å². The van der Waals surface area contributed by atoms with Crippen molar-refractivity contribution < 1.29 is 4.74 Å². The molecule has 2 atom stereocenters. The molecule has 2 aromatic rings. The van der Waals surface area contributed by atoms with Gasteiger partial charge in [0.05, 0.1) is 6.61 Å². The second kappa shape index (κ2) is 8.24. The molecule has 160 valence electrons. The fraction of sp³-hybridized carbons (Fsp3) is 0.636. The predicted octanol–water partition coefficient (Wildman–Crippen LogP) is 2.80. The van der Waals surface area contributed by atoms with Gasteiger partial charge in [-0.05, 0) is 38.2 Å². The number of ether oxygens (including phenoxy) is 1. The van der Waals surface area contributed by atoms with E-state index in [1.165, 1.54) is 19.3 Å². The van der Waals surface area contributed by atoms with Gasteiger partial charge in [0.1, 0.15) is 0 Å². The minimum atomic E-state index is 0.105. The van der Waals surface area contributed by atoms with Crippen LogP contribution >= 0.6 is 0 Å². The first-order valence-corrected chi connectivity index (χ1v) is 11.3. The SMILES string of the molecule is CCOc1nc(NC2CCCCC2)nc(N2CC3CC(C2)c2cccc(=O)n2C3)n1. The summed E-state index contributed by atoms with van der Waals surface area (Å²) in [5.41, 5.74) is 1.23. The van der Waals surface area contributed by atoms with Crippen molar-refractivity contribution in [3.8, 4) is 6.01 Å². The van der Waals surface area contributed by atoms with Crippen LogP contribution in [0.5, 0.6) is 6.01 Å². The molecule has 3 aliphatic rings. The molecule has 4 heterocycles. The highest BCUT2D eigenvalue weighted by Crippen LogP contribution is 2.36. The number of rotatable bonds is 5. The van der Waals surface area contributed by atoms with E-state index in [-0.39, 0.29) is 5.56 Å². The van der Waals surface area contributed by atoms with Crippen LogP contribution in [0.2, 0.25) is 0 Å². The van der Waals surface area contributed by atoms with Crippen LogP contribution in [0.4, 0.5) is 11.9 Å². The molecule has 1 saturated carbocycles. The molecule has 2 unspecified atom stereocenters. The highest BCUT2D eigenvalue weighted by atomic mass is 16.5. The molecule has 1 N–H and O–H groups in total. The van der Waals surface area contributed by atoms with Crippen molar-refractivity contribution in [3.63, 3.8) is 0 Å². The Kier molecular flexibility index (Phi) is 5.31. The largest absolute Gasteiger partial charge is 0.464 e. The zero-order chi connectivity index (χ0) is 20.5. The monoisotopic (exact) mass is 410 g/mol. The Morgan fingerprint density at radius 1 is 1.10 bits per heavy atom. The van der Waals surface area contributed by atoms with Gasteiger partial charge in [0, 0.05) is 43.4 Å². The van der Waals surface area contributed by atoms with Crippen molar-refractivity contribution in [2.75, 3.05) is 29.9 Å². The summed E-state index contributed by atoms with van der Waals surface area (Å²) >= 11 is 0. The first-order valence-electron chi connectivity index (χ1n) is 11.3. The first kappa shape index (κ1) is 19.3. The first-order chi connectivity index (χ1) is 14.7. The summed E-state index contributed by atoms with van der Waals surface area (Å²) in [6, 6.07) is 6.42. The number of nitrogens with one attached hydrogen (secondary N) is 1. The number of fused-ring (bicyclic) bond motifs is 4. The second-order valence-electron chi connectivity index (χ2n) is 8.76. The normalized spacial score (nSPS) is 23.7. The molecule has 2 fully saturated rings. The van der Waals surface area contributed by atoms with E-state index in [2.05, 4.69) is 26.3 Å². The van der Waals surface area contributed by atoms with E-state index >= 15 is 0 Å². The summed E-state index contributed by atoms with van der Waals surface area (Å²) in [6.07, 6.45) is 7.24. The van der Waals surface area contributed by atoms with Crippen molar-refractivity contribution in [2.45, 2.75) is 64.0 Å². The zero-order valence-electron chi connectivity index (χ0n) is 17.6. The minimum absolute atomic E-state index is 0.105. The average Bonchev–Trinajstić information content (AvgIpc) is 2.75. The lowest BCUT2D eigenvalue weighted by Crippen LogP contribution is -2.47. The van der Waals surface area contributed by atoms with Gasteiger partial charge in [0.15, 0.2) is 0 Å². The molecule has 0 amide bonds. The topological polar surface area (TPSA) is 85.2 Å². The lowest BCUT2D eigenvalue weighted by atomic mass is 9.83. The van der Waals surface area contributed by atoms with E-state index in [4.69, 9.17) is 9.72 Å². The molecule has 2 bridgehead atoms. The number of pyridine rings is 1. The molecule has 30 heavy (non-hydrogen) atoms. The minimum Gasteiger partial charge on any atom is -0.464 e. The van der Waals surface area contributed by atoms with Crippen molar-refractivity contribution in [2.24, 2.45) is 5.92 Å². The summed E-state index contributed by atoms with van der Waals surface area (Å²) in [6.45, 7) is 4.87. The number of nitrogens with zero attached hydrogens (tertiary/aromatic N) is 5. The Bertz CT molecular complexity index is 955. The molecular formula is C22H30N6O2. The van der Waals surface area contributed by atoms with Crippen molar-refractivity contribution in [1.82, 2.24) is 19.5 Å². The van der Waals surface area contributed by atoms with Gasteiger partial charge in [-0.3, -0.25) is 4.79 Å². The molecule has 8 heteroatoms. The van der Waals surface area contributed by atoms with Crippen LogP contribution < -0.4 is 20.5 Å². The maximum atomic E-state index is 12.3. The summed E-state index contributed by atoms with van der Waals surface area (Å²) in [7, 11) is 0. The zero-order valence-corrected chi connectivity index (χ0v) is 17.6. The predicted molar refractivity (Wildman–Crippen MR) is 115 cm³/mol. The Balaban J connectivity index is 1.41. The Morgan fingerprint density at radius 3 is 2.80 bits per heavy atom. The van der Waals surface area contributed by atoms with Gasteiger partial charge in [0.25, 0.3) is 5.56 Å². The van der Waals surface area contributed by atoms with E-state index in [9.17, 15) is 4.79 Å². The maximum absolute atomic E-state index is 12.3. The van der Waals surface area contributed by atoms with E-state index in [1.54, 1.807) is 6.07 Å². The number of hydrogen-bond acceptors (Lipinski definition) is 7. The van der Waals surface area contributed by atoms with Crippen molar-refractivity contribution >= 4 is 11.9 Å². The third-order valence-electron chi connectivity index (χ3n) is 6.58. The van der Waals surface area contributed by atoms with Gasteiger partial charge in [-0.1, -0.05) is 25.3 Å². The van der Waals surface area contributed by atoms with E-state index in [0.29, 0.717) is 42.4 Å². The van der Waals surface area contributed by atoms with Crippen molar-refractivity contribution in [1.29, 1.82) is 0 Å². The summed E-state index contributed by atoms with van der Waals surface area (Å²) in [5.74, 6) is 2.02. The second-order valence-corrected chi connectivity index (χ2v) is 8.76. The molecule has 8 nitrogen and oxygen atoms in total. The quantitative estimate of drug-likeness (QED) is 0.811. The highest BCUT2D eigenvalue weighted by Gasteiger charge is 2.35. The van der Waals surface area contributed by atoms with Gasteiger partial charge in [0.2, 0.25) is 11.9 Å². The smallest absolute Gasteiger partial charge is 0.323 e. The molecule has 0 aromatic carbocycles. The van der Waals surface area contributed by atoms with E-state index in [0.717, 1.165) is 44.6 Å². The Hall–Kier alpha value is -2.64. The van der Waals surface area contributed by atoms with Crippen LogP contribution in [-0.2, 0) is 6.54 Å². The number of piperidine rings is 1. The maximum Gasteiger partial charge on any atom is 0.323 e. The number of hydrogen-bond donors (Lipinski definition) is 1. The highest BCUT2D eigenvalue weighted by molar-refractivity contribution is 5.41. The van der Waals surface area contributed by atoms with Gasteiger partial charge in [-0.2, -0.15) is 15.0 Å². The summed E-state index contributed by atoms with van der Waals surface area (Å²) in [4.78, 5) is 28.4. The Labute approximate surface area is 176 Å². The van der Waals surface area contributed by atoms with Crippen molar-refractivity contribution in [3.05, 3.63) is 34.2 Å². The molecule has 0 radical (unpaired) electrons. The molecule has 2 aromatic heterocycles. The van der Waals surface area contributed by atoms with Gasteiger partial charge >= 0.3 is 6.01 Å². The van der Waals surface area contributed by atoms with Crippen LogP contribution in [-0.4, -0.2) is 45.3 Å². The summed E-state index contributed by atoms with van der Waals surface area (Å²) in [5, 5.41) is 3.52. The molecule has 2 aliphatic heterocycles. The standard InChI is InChI=1S/C22H30N6O2/c1-2-30-22-25-20(23-17-7-4-3-5-8-17)24-21(26-22)27-12-15-11-16(14-27)18-9-6-10-19(29)28(18)13-15/h6,9-10,15-17H,2-5,7-8,11-14H2,1H3,(H,23,24,25,26). The van der Waals surface area contributed by atoms with Crippen LogP contribution in [0.1, 0.15) is 57.1 Å². The van der Waals surface area contributed by atoms with Gasteiger partial charge < -0.3 is 19.5 Å². The molecule has 1 saturated heterocycles. The van der Waals surface area contributed by atoms with E-state index in [1.807, 2.05) is 17.6 Å². The summed E-state index contributed by atoms with van der Waals surface area (Å²) < 4.78 is 7.61. The van der Waals surface area contributed by atoms with Crippen LogP contribution in [0.3, 0.4) is 0 Å². The molecule has 1 aliphatic carbocycles. The fourth-order valence-corrected chi connectivity index (χ4v) is 5.23. The third-order valence-corrected chi connectivity index (χ3v) is 6.58. The fourth-order valence-electron chi connectivity index (χ4n) is 5.23. The van der Waals surface area contributed by atoms with Gasteiger partial charge in [-0.25, -0.2) is 0 Å². The number of anilines is 2. The number of aromatic nitrogens is 4. The lowest BCUT2D eigenvalue weighted by Gasteiger charge is -2.42. The Morgan fingerprint density at radius 2 is 1.97 bits per heavy atom.